The van der Waals surface area contributed by atoms with E-state index in [1.807, 2.05) is 6.07 Å². The van der Waals surface area contributed by atoms with Crippen molar-refractivity contribution in [3.8, 4) is 11.8 Å². The van der Waals surface area contributed by atoms with Crippen molar-refractivity contribution in [2.75, 3.05) is 12.4 Å². The van der Waals surface area contributed by atoms with Crippen LogP contribution in [0.1, 0.15) is 22.8 Å². The monoisotopic (exact) mass is 320 g/mol. The molecule has 2 rings (SSSR count). The number of ether oxygens (including phenoxy) is 1. The zero-order valence-electron chi connectivity index (χ0n) is 13.4. The van der Waals surface area contributed by atoms with E-state index in [1.54, 1.807) is 48.5 Å². The Bertz CT molecular complexity index is 848. The lowest BCUT2D eigenvalue weighted by molar-refractivity contribution is -0.112. The lowest BCUT2D eigenvalue weighted by atomic mass is 10.1. The van der Waals surface area contributed by atoms with E-state index >= 15 is 0 Å². The molecule has 0 aromatic heterocycles. The second-order valence-electron chi connectivity index (χ2n) is 5.00. The molecule has 120 valence electrons. The number of Topliss-reactive ketones (excluding diaryl/α,β-unsaturated/α-hetero) is 1. The van der Waals surface area contributed by atoms with Crippen molar-refractivity contribution in [1.29, 1.82) is 5.26 Å². The number of carbonyl (C=O) groups excluding carboxylic acids is 2. The molecule has 5 heteroatoms. The van der Waals surface area contributed by atoms with Gasteiger partial charge in [-0.2, -0.15) is 5.26 Å². The third-order valence-corrected chi connectivity index (χ3v) is 3.33. The molecule has 1 amide bonds. The fourth-order valence-corrected chi connectivity index (χ4v) is 2.10. The highest BCUT2D eigenvalue weighted by Crippen LogP contribution is 2.21. The van der Waals surface area contributed by atoms with Crippen molar-refractivity contribution in [3.63, 3.8) is 0 Å². The third kappa shape index (κ3) is 4.08. The number of nitriles is 1. The second kappa shape index (κ2) is 7.75. The van der Waals surface area contributed by atoms with Gasteiger partial charge in [-0.15, -0.1) is 0 Å². The van der Waals surface area contributed by atoms with Crippen LogP contribution in [0, 0.1) is 11.3 Å². The normalized spacial score (nSPS) is 10.6. The first-order valence-corrected chi connectivity index (χ1v) is 7.22. The van der Waals surface area contributed by atoms with Crippen molar-refractivity contribution >= 4 is 23.5 Å². The Hall–Kier alpha value is -3.39. The molecule has 2 aromatic carbocycles. The third-order valence-electron chi connectivity index (χ3n) is 3.33. The van der Waals surface area contributed by atoms with Crippen molar-refractivity contribution in [2.24, 2.45) is 0 Å². The Morgan fingerprint density at radius 1 is 1.17 bits per heavy atom. The van der Waals surface area contributed by atoms with Gasteiger partial charge in [-0.25, -0.2) is 0 Å². The molecule has 0 saturated heterocycles. The average Bonchev–Trinajstić information content (AvgIpc) is 2.60. The molecule has 0 aliphatic heterocycles. The highest BCUT2D eigenvalue weighted by atomic mass is 16.5. The first-order chi connectivity index (χ1) is 11.5. The predicted molar refractivity (Wildman–Crippen MR) is 91.7 cm³/mol. The Balaban J connectivity index is 2.27. The number of hydrogen-bond acceptors (Lipinski definition) is 4. The van der Waals surface area contributed by atoms with Crippen LogP contribution in [0.5, 0.6) is 5.75 Å². The molecular weight excluding hydrogens is 304 g/mol. The standard InChI is InChI=1S/C19H16N2O3/c1-13(22)14-7-5-8-17(11-14)21-19(23)16(12-20)10-15-6-3-4-9-18(15)24-2/h3-11H,1-2H3,(H,21,23)/b16-10+. The Kier molecular flexibility index (Phi) is 5.48. The molecule has 0 atom stereocenters. The number of rotatable bonds is 5. The SMILES string of the molecule is COc1ccccc1/C=C(\C#N)C(=O)Nc1cccc(C(C)=O)c1. The van der Waals surface area contributed by atoms with Crippen LogP contribution in [0.4, 0.5) is 5.69 Å². The van der Waals surface area contributed by atoms with Crippen LogP contribution in [0.15, 0.2) is 54.1 Å². The number of nitrogens with one attached hydrogen (secondary N) is 1. The van der Waals surface area contributed by atoms with Crippen LogP contribution in [0.3, 0.4) is 0 Å². The van der Waals surface area contributed by atoms with E-state index in [-0.39, 0.29) is 11.4 Å². The highest BCUT2D eigenvalue weighted by Gasteiger charge is 2.11. The molecule has 0 heterocycles. The summed E-state index contributed by atoms with van der Waals surface area (Å²) in [5, 5.41) is 11.9. The summed E-state index contributed by atoms with van der Waals surface area (Å²) < 4.78 is 5.21. The minimum Gasteiger partial charge on any atom is -0.496 e. The first kappa shape index (κ1) is 17.0. The number of hydrogen-bond donors (Lipinski definition) is 1. The van der Waals surface area contributed by atoms with E-state index in [1.165, 1.54) is 20.1 Å². The Labute approximate surface area is 140 Å². The summed E-state index contributed by atoms with van der Waals surface area (Å²) in [5.74, 6) is -0.0862. The Morgan fingerprint density at radius 3 is 2.58 bits per heavy atom. The molecule has 1 N–H and O–H groups in total. The van der Waals surface area contributed by atoms with Gasteiger partial charge < -0.3 is 10.1 Å². The smallest absolute Gasteiger partial charge is 0.266 e. The number of nitrogens with zero attached hydrogens (tertiary/aromatic N) is 1. The quantitative estimate of drug-likeness (QED) is 0.520. The van der Waals surface area contributed by atoms with Gasteiger partial charge in [0.25, 0.3) is 5.91 Å². The van der Waals surface area contributed by atoms with Crippen molar-refractivity contribution in [2.45, 2.75) is 6.92 Å². The summed E-state index contributed by atoms with van der Waals surface area (Å²) in [7, 11) is 1.52. The van der Waals surface area contributed by atoms with E-state index in [2.05, 4.69) is 5.32 Å². The Morgan fingerprint density at radius 2 is 1.92 bits per heavy atom. The predicted octanol–water partition coefficient (Wildman–Crippen LogP) is 3.44. The van der Waals surface area contributed by atoms with Crippen LogP contribution in [0.25, 0.3) is 6.08 Å². The molecule has 0 saturated carbocycles. The summed E-state index contributed by atoms with van der Waals surface area (Å²) in [5.41, 5.74) is 1.51. The van der Waals surface area contributed by atoms with Crippen molar-refractivity contribution < 1.29 is 14.3 Å². The molecule has 0 spiro atoms. The number of anilines is 1. The zero-order chi connectivity index (χ0) is 17.5. The maximum absolute atomic E-state index is 12.3. The molecule has 2 aromatic rings. The van der Waals surface area contributed by atoms with Gasteiger partial charge in [0.05, 0.1) is 7.11 Å². The molecule has 5 nitrogen and oxygen atoms in total. The molecule has 0 fully saturated rings. The number of carbonyl (C=O) groups is 2. The number of methoxy groups -OCH3 is 1. The number of ketones is 1. The maximum atomic E-state index is 12.3. The van der Waals surface area contributed by atoms with Crippen LogP contribution >= 0.6 is 0 Å². The van der Waals surface area contributed by atoms with E-state index in [4.69, 9.17) is 4.74 Å². The van der Waals surface area contributed by atoms with E-state index < -0.39 is 5.91 Å². The minimum atomic E-state index is -0.552. The van der Waals surface area contributed by atoms with Gasteiger partial charge in [0.15, 0.2) is 5.78 Å². The fraction of sp³-hybridized carbons (Fsp3) is 0.105. The van der Waals surface area contributed by atoms with Gasteiger partial charge in [-0.1, -0.05) is 30.3 Å². The fourth-order valence-electron chi connectivity index (χ4n) is 2.10. The molecule has 0 bridgehead atoms. The van der Waals surface area contributed by atoms with Gasteiger partial charge in [0, 0.05) is 16.8 Å². The van der Waals surface area contributed by atoms with Crippen LogP contribution in [-0.4, -0.2) is 18.8 Å². The summed E-state index contributed by atoms with van der Waals surface area (Å²) in [4.78, 5) is 23.7. The van der Waals surface area contributed by atoms with Gasteiger partial charge in [-0.3, -0.25) is 9.59 Å². The largest absolute Gasteiger partial charge is 0.496 e. The maximum Gasteiger partial charge on any atom is 0.266 e. The van der Waals surface area contributed by atoms with E-state index in [0.717, 1.165) is 0 Å². The van der Waals surface area contributed by atoms with Gasteiger partial charge in [-0.05, 0) is 31.2 Å². The van der Waals surface area contributed by atoms with E-state index in [9.17, 15) is 14.9 Å². The lowest BCUT2D eigenvalue weighted by Crippen LogP contribution is -2.13. The summed E-state index contributed by atoms with van der Waals surface area (Å²) in [6, 6.07) is 15.5. The zero-order valence-corrected chi connectivity index (χ0v) is 13.4. The topological polar surface area (TPSA) is 79.2 Å². The number of para-hydroxylation sites is 1. The highest BCUT2D eigenvalue weighted by molar-refractivity contribution is 6.10. The number of amides is 1. The van der Waals surface area contributed by atoms with Crippen molar-refractivity contribution in [3.05, 3.63) is 65.2 Å². The molecule has 0 aliphatic rings. The van der Waals surface area contributed by atoms with Crippen LogP contribution in [0.2, 0.25) is 0 Å². The minimum absolute atomic E-state index is 0.0623. The van der Waals surface area contributed by atoms with Crippen molar-refractivity contribution in [1.82, 2.24) is 0 Å². The van der Waals surface area contributed by atoms with Gasteiger partial charge >= 0.3 is 0 Å². The molecule has 24 heavy (non-hydrogen) atoms. The number of benzene rings is 2. The lowest BCUT2D eigenvalue weighted by Gasteiger charge is -2.07. The summed E-state index contributed by atoms with van der Waals surface area (Å²) in [6.07, 6.45) is 1.46. The van der Waals surface area contributed by atoms with E-state index in [0.29, 0.717) is 22.6 Å². The first-order valence-electron chi connectivity index (χ1n) is 7.22. The van der Waals surface area contributed by atoms with Crippen LogP contribution < -0.4 is 10.1 Å². The molecule has 0 aliphatic carbocycles. The summed E-state index contributed by atoms with van der Waals surface area (Å²) >= 11 is 0. The molecule has 0 radical (unpaired) electrons. The van der Waals surface area contributed by atoms with Gasteiger partial charge in [0.1, 0.15) is 17.4 Å². The average molecular weight is 320 g/mol. The molecule has 0 unspecified atom stereocenters. The second-order valence-corrected chi connectivity index (χ2v) is 5.00. The van der Waals surface area contributed by atoms with Gasteiger partial charge in [0.2, 0.25) is 0 Å². The van der Waals surface area contributed by atoms with Crippen LogP contribution in [-0.2, 0) is 4.79 Å². The molecular formula is C19H16N2O3. The summed E-state index contributed by atoms with van der Waals surface area (Å²) in [6.45, 7) is 1.45.